The van der Waals surface area contributed by atoms with Gasteiger partial charge in [0, 0.05) is 11.1 Å². The van der Waals surface area contributed by atoms with E-state index in [9.17, 15) is 14.4 Å². The fraction of sp³-hybridized carbons (Fsp3) is 0.250. The van der Waals surface area contributed by atoms with Crippen LogP contribution in [0.3, 0.4) is 0 Å². The van der Waals surface area contributed by atoms with Crippen molar-refractivity contribution in [2.45, 2.75) is 19.3 Å². The normalized spacial score (nSPS) is 8.44. The molecule has 100 valence electrons. The smallest absolute Gasteiger partial charge is 0.331 e. The molecule has 0 atom stereocenters. The lowest BCUT2D eigenvalue weighted by molar-refractivity contribution is -0.139. The van der Waals surface area contributed by atoms with Crippen LogP contribution in [0.5, 0.6) is 0 Å². The van der Waals surface area contributed by atoms with Crippen LogP contribution in [0.1, 0.15) is 19.3 Å². The van der Waals surface area contributed by atoms with Crippen LogP contribution >= 0.6 is 0 Å². The number of allylic oxidation sites excluding steroid dienone is 1. The SMILES string of the molecule is C=C(CC(=O)O)C(=O)O.C=CCCC(=C)C(=O)O. The van der Waals surface area contributed by atoms with E-state index in [1.54, 1.807) is 6.08 Å². The summed E-state index contributed by atoms with van der Waals surface area (Å²) in [6.45, 7) is 9.82. The van der Waals surface area contributed by atoms with E-state index in [0.29, 0.717) is 12.8 Å². The summed E-state index contributed by atoms with van der Waals surface area (Å²) in [5, 5.41) is 24.4. The van der Waals surface area contributed by atoms with Gasteiger partial charge < -0.3 is 15.3 Å². The lowest BCUT2D eigenvalue weighted by Crippen LogP contribution is -2.04. The quantitative estimate of drug-likeness (QED) is 0.472. The molecule has 0 aliphatic carbocycles. The highest BCUT2D eigenvalue weighted by Gasteiger charge is 2.07. The molecule has 0 aromatic heterocycles. The molecule has 6 heteroatoms. The van der Waals surface area contributed by atoms with Gasteiger partial charge in [-0.05, 0) is 12.8 Å². The average Bonchev–Trinajstić information content (AvgIpc) is 2.25. The van der Waals surface area contributed by atoms with Crippen LogP contribution in [-0.4, -0.2) is 33.2 Å². The molecule has 0 rings (SSSR count). The van der Waals surface area contributed by atoms with Crippen molar-refractivity contribution in [1.29, 1.82) is 0 Å². The second-order valence-corrected chi connectivity index (χ2v) is 3.22. The Labute approximate surface area is 105 Å². The maximum Gasteiger partial charge on any atom is 0.331 e. The van der Waals surface area contributed by atoms with Crippen LogP contribution in [0.4, 0.5) is 0 Å². The van der Waals surface area contributed by atoms with Crippen molar-refractivity contribution in [3.05, 3.63) is 37.0 Å². The Hall–Kier alpha value is -2.37. The van der Waals surface area contributed by atoms with Crippen LogP contribution in [0, 0.1) is 0 Å². The van der Waals surface area contributed by atoms with E-state index >= 15 is 0 Å². The average molecular weight is 256 g/mol. The number of aliphatic carboxylic acids is 3. The second-order valence-electron chi connectivity index (χ2n) is 3.22. The van der Waals surface area contributed by atoms with Gasteiger partial charge in [-0.2, -0.15) is 0 Å². The summed E-state index contributed by atoms with van der Waals surface area (Å²) >= 11 is 0. The van der Waals surface area contributed by atoms with Crippen molar-refractivity contribution in [2.75, 3.05) is 0 Å². The zero-order valence-corrected chi connectivity index (χ0v) is 9.89. The number of carbonyl (C=O) groups is 3. The molecule has 0 saturated carbocycles. The van der Waals surface area contributed by atoms with E-state index in [2.05, 4.69) is 19.7 Å². The van der Waals surface area contributed by atoms with E-state index in [0.717, 1.165) is 0 Å². The molecule has 0 saturated heterocycles. The van der Waals surface area contributed by atoms with E-state index in [-0.39, 0.29) is 11.1 Å². The van der Waals surface area contributed by atoms with Gasteiger partial charge in [-0.25, -0.2) is 9.59 Å². The molecule has 18 heavy (non-hydrogen) atoms. The summed E-state index contributed by atoms with van der Waals surface area (Å²) < 4.78 is 0. The number of hydrogen-bond acceptors (Lipinski definition) is 3. The molecular formula is C12H16O6. The van der Waals surface area contributed by atoms with Crippen LogP contribution in [-0.2, 0) is 14.4 Å². The van der Waals surface area contributed by atoms with Gasteiger partial charge in [-0.15, -0.1) is 6.58 Å². The molecule has 0 bridgehead atoms. The maximum atomic E-state index is 10.1. The Morgan fingerprint density at radius 1 is 0.944 bits per heavy atom. The molecule has 0 fully saturated rings. The molecule has 0 heterocycles. The summed E-state index contributed by atoms with van der Waals surface area (Å²) in [6, 6.07) is 0. The first-order valence-electron chi connectivity index (χ1n) is 4.87. The largest absolute Gasteiger partial charge is 0.481 e. The number of carboxylic acids is 3. The van der Waals surface area contributed by atoms with E-state index in [4.69, 9.17) is 15.3 Å². The monoisotopic (exact) mass is 256 g/mol. The fourth-order valence-corrected chi connectivity index (χ4v) is 0.641. The first-order valence-corrected chi connectivity index (χ1v) is 4.87. The van der Waals surface area contributed by atoms with Gasteiger partial charge >= 0.3 is 17.9 Å². The Kier molecular flexibility index (Phi) is 9.83. The molecule has 0 aromatic rings. The highest BCUT2D eigenvalue weighted by atomic mass is 16.4. The minimum Gasteiger partial charge on any atom is -0.481 e. The first kappa shape index (κ1) is 18.0. The molecule has 0 amide bonds. The topological polar surface area (TPSA) is 112 Å². The Balaban J connectivity index is 0. The van der Waals surface area contributed by atoms with Gasteiger partial charge in [-0.1, -0.05) is 19.2 Å². The van der Waals surface area contributed by atoms with Gasteiger partial charge in [-0.3, -0.25) is 4.79 Å². The maximum absolute atomic E-state index is 10.1. The van der Waals surface area contributed by atoms with E-state index < -0.39 is 24.3 Å². The van der Waals surface area contributed by atoms with Crippen LogP contribution in [0.25, 0.3) is 0 Å². The molecular weight excluding hydrogens is 240 g/mol. The molecule has 6 nitrogen and oxygen atoms in total. The van der Waals surface area contributed by atoms with Gasteiger partial charge in [0.1, 0.15) is 0 Å². The molecule has 0 aliphatic heterocycles. The number of hydrogen-bond donors (Lipinski definition) is 3. The molecule has 0 aromatic carbocycles. The van der Waals surface area contributed by atoms with Crippen molar-refractivity contribution < 1.29 is 29.7 Å². The van der Waals surface area contributed by atoms with E-state index in [1.807, 2.05) is 0 Å². The third kappa shape index (κ3) is 11.7. The van der Waals surface area contributed by atoms with Gasteiger partial charge in [0.2, 0.25) is 0 Å². The zero-order chi connectivity index (χ0) is 14.7. The summed E-state index contributed by atoms with van der Waals surface area (Å²) in [4.78, 5) is 29.7. The molecule has 0 aliphatic rings. The summed E-state index contributed by atoms with van der Waals surface area (Å²) in [6.07, 6.45) is 2.35. The Morgan fingerprint density at radius 2 is 1.39 bits per heavy atom. The van der Waals surface area contributed by atoms with Crippen molar-refractivity contribution in [3.63, 3.8) is 0 Å². The predicted octanol–water partition coefficient (Wildman–Crippen LogP) is 1.70. The zero-order valence-electron chi connectivity index (χ0n) is 9.89. The molecule has 0 spiro atoms. The van der Waals surface area contributed by atoms with Crippen LogP contribution < -0.4 is 0 Å². The van der Waals surface area contributed by atoms with Crippen molar-refractivity contribution in [2.24, 2.45) is 0 Å². The summed E-state index contributed by atoms with van der Waals surface area (Å²) in [7, 11) is 0. The van der Waals surface area contributed by atoms with Gasteiger partial charge in [0.25, 0.3) is 0 Å². The van der Waals surface area contributed by atoms with Crippen molar-refractivity contribution in [1.82, 2.24) is 0 Å². The third-order valence-electron chi connectivity index (χ3n) is 1.62. The number of carboxylic acid groups (broad SMARTS) is 3. The van der Waals surface area contributed by atoms with Crippen LogP contribution in [0.15, 0.2) is 37.0 Å². The second kappa shape index (κ2) is 9.83. The predicted molar refractivity (Wildman–Crippen MR) is 65.2 cm³/mol. The summed E-state index contributed by atoms with van der Waals surface area (Å²) in [5.74, 6) is -3.36. The van der Waals surface area contributed by atoms with Crippen molar-refractivity contribution in [3.8, 4) is 0 Å². The van der Waals surface area contributed by atoms with Crippen LogP contribution in [0.2, 0.25) is 0 Å². The minimum atomic E-state index is -1.27. The first-order chi connectivity index (χ1) is 8.22. The van der Waals surface area contributed by atoms with Crippen molar-refractivity contribution >= 4 is 17.9 Å². The minimum absolute atomic E-state index is 0.245. The standard InChI is InChI=1S/C7H10O2.C5H6O4/c1-3-4-5-6(2)7(8)9;1-3(5(8)9)2-4(6)7/h3H,1-2,4-5H2,(H,8,9);1-2H2,(H,6,7)(H,8,9). The lowest BCUT2D eigenvalue weighted by Gasteiger charge is -1.93. The highest BCUT2D eigenvalue weighted by molar-refractivity contribution is 5.91. The number of rotatable bonds is 7. The third-order valence-corrected chi connectivity index (χ3v) is 1.62. The van der Waals surface area contributed by atoms with E-state index in [1.165, 1.54) is 0 Å². The fourth-order valence-electron chi connectivity index (χ4n) is 0.641. The lowest BCUT2D eigenvalue weighted by atomic mass is 10.2. The molecule has 3 N–H and O–H groups in total. The van der Waals surface area contributed by atoms with Gasteiger partial charge in [0.15, 0.2) is 0 Å². The Bertz CT molecular complexity index is 367. The molecule has 0 unspecified atom stereocenters. The molecule has 0 radical (unpaired) electrons. The Morgan fingerprint density at radius 3 is 1.61 bits per heavy atom. The van der Waals surface area contributed by atoms with Gasteiger partial charge in [0.05, 0.1) is 6.42 Å². The summed E-state index contributed by atoms with van der Waals surface area (Å²) in [5.41, 5.74) is -0.0580. The highest BCUT2D eigenvalue weighted by Crippen LogP contribution is 2.01.